The van der Waals surface area contributed by atoms with Crippen molar-refractivity contribution in [2.24, 2.45) is 0 Å². The first-order chi connectivity index (χ1) is 9.54. The molecule has 0 spiro atoms. The summed E-state index contributed by atoms with van der Waals surface area (Å²) in [6.45, 7) is 0. The predicted octanol–water partition coefficient (Wildman–Crippen LogP) is 4.31. The molecule has 0 heterocycles. The molecular formula is C15H13ClF2OS. The maximum Gasteiger partial charge on any atom is 0.126 e. The Kier molecular flexibility index (Phi) is 5.40. The average Bonchev–Trinajstić information content (AvgIpc) is 2.36. The van der Waals surface area contributed by atoms with Gasteiger partial charge in [0.25, 0.3) is 0 Å². The Hall–Kier alpha value is -1.10. The summed E-state index contributed by atoms with van der Waals surface area (Å²) in [7, 11) is 0. The van der Waals surface area contributed by atoms with Crippen LogP contribution in [-0.2, 0) is 6.42 Å². The van der Waals surface area contributed by atoms with Gasteiger partial charge in [-0.3, -0.25) is 0 Å². The quantitative estimate of drug-likeness (QED) is 0.830. The number of benzene rings is 2. The Bertz CT molecular complexity index is 572. The van der Waals surface area contributed by atoms with Gasteiger partial charge >= 0.3 is 0 Å². The van der Waals surface area contributed by atoms with E-state index in [0.29, 0.717) is 16.3 Å². The van der Waals surface area contributed by atoms with E-state index < -0.39 is 17.7 Å². The summed E-state index contributed by atoms with van der Waals surface area (Å²) in [6.07, 6.45) is -0.496. The largest absolute Gasteiger partial charge is 0.392 e. The summed E-state index contributed by atoms with van der Waals surface area (Å²) < 4.78 is 26.1. The van der Waals surface area contributed by atoms with Crippen molar-refractivity contribution in [3.8, 4) is 0 Å². The molecule has 1 N–H and O–H groups in total. The van der Waals surface area contributed by atoms with Gasteiger partial charge in [-0.15, -0.1) is 11.8 Å². The molecule has 0 aliphatic heterocycles. The average molecular weight is 315 g/mol. The van der Waals surface area contributed by atoms with Crippen LogP contribution in [0.1, 0.15) is 5.56 Å². The number of hydrogen-bond donors (Lipinski definition) is 1. The van der Waals surface area contributed by atoms with Crippen LogP contribution < -0.4 is 0 Å². The second-order valence-corrected chi connectivity index (χ2v) is 5.85. The van der Waals surface area contributed by atoms with Gasteiger partial charge in [-0.25, -0.2) is 8.78 Å². The van der Waals surface area contributed by atoms with Crippen LogP contribution in [0.5, 0.6) is 0 Å². The van der Waals surface area contributed by atoms with Crippen LogP contribution in [0.15, 0.2) is 47.4 Å². The second kappa shape index (κ2) is 7.07. The van der Waals surface area contributed by atoms with Gasteiger partial charge in [-0.1, -0.05) is 23.7 Å². The van der Waals surface area contributed by atoms with Gasteiger partial charge in [-0.2, -0.15) is 0 Å². The molecule has 0 bridgehead atoms. The molecule has 20 heavy (non-hydrogen) atoms. The number of rotatable bonds is 5. The second-order valence-electron chi connectivity index (χ2n) is 4.38. The zero-order chi connectivity index (χ0) is 14.5. The summed E-state index contributed by atoms with van der Waals surface area (Å²) in [5, 5.41) is 10.6. The van der Waals surface area contributed by atoms with Crippen LogP contribution in [0.2, 0.25) is 5.02 Å². The Balaban J connectivity index is 1.92. The molecule has 0 saturated carbocycles. The Morgan fingerprint density at radius 3 is 2.40 bits per heavy atom. The minimum Gasteiger partial charge on any atom is -0.392 e. The Morgan fingerprint density at radius 1 is 1.10 bits per heavy atom. The number of thioether (sulfide) groups is 1. The summed E-state index contributed by atoms with van der Waals surface area (Å²) >= 11 is 7.42. The summed E-state index contributed by atoms with van der Waals surface area (Å²) in [4.78, 5) is 0.874. The van der Waals surface area contributed by atoms with Crippen molar-refractivity contribution in [1.29, 1.82) is 0 Å². The van der Waals surface area contributed by atoms with Gasteiger partial charge in [0.2, 0.25) is 0 Å². The third-order valence-corrected chi connectivity index (χ3v) is 4.32. The zero-order valence-corrected chi connectivity index (χ0v) is 12.1. The van der Waals surface area contributed by atoms with E-state index in [0.717, 1.165) is 11.0 Å². The van der Waals surface area contributed by atoms with E-state index in [2.05, 4.69) is 0 Å². The molecule has 0 aromatic heterocycles. The van der Waals surface area contributed by atoms with Gasteiger partial charge in [-0.05, 0) is 36.2 Å². The van der Waals surface area contributed by atoms with E-state index in [4.69, 9.17) is 11.6 Å². The molecule has 1 nitrogen and oxygen atoms in total. The number of hydrogen-bond acceptors (Lipinski definition) is 2. The normalized spacial score (nSPS) is 12.4. The van der Waals surface area contributed by atoms with Crippen molar-refractivity contribution in [2.75, 3.05) is 5.75 Å². The van der Waals surface area contributed by atoms with Crippen molar-refractivity contribution in [3.63, 3.8) is 0 Å². The molecule has 0 aliphatic rings. The lowest BCUT2D eigenvalue weighted by Gasteiger charge is -2.11. The van der Waals surface area contributed by atoms with Gasteiger partial charge in [0.1, 0.15) is 11.6 Å². The molecule has 106 valence electrons. The maximum absolute atomic E-state index is 13.0. The fraction of sp³-hybridized carbons (Fsp3) is 0.200. The highest BCUT2D eigenvalue weighted by atomic mass is 35.5. The van der Waals surface area contributed by atoms with Crippen LogP contribution in [0.3, 0.4) is 0 Å². The van der Waals surface area contributed by atoms with E-state index in [9.17, 15) is 13.9 Å². The van der Waals surface area contributed by atoms with Gasteiger partial charge in [0, 0.05) is 16.7 Å². The van der Waals surface area contributed by atoms with Crippen LogP contribution in [0, 0.1) is 11.6 Å². The zero-order valence-electron chi connectivity index (χ0n) is 10.5. The molecule has 0 amide bonds. The van der Waals surface area contributed by atoms with Crippen molar-refractivity contribution in [2.45, 2.75) is 17.4 Å². The van der Waals surface area contributed by atoms with Gasteiger partial charge < -0.3 is 5.11 Å². The highest BCUT2D eigenvalue weighted by Crippen LogP contribution is 2.27. The van der Waals surface area contributed by atoms with E-state index >= 15 is 0 Å². The molecule has 1 atom stereocenters. The van der Waals surface area contributed by atoms with Crippen LogP contribution >= 0.6 is 23.4 Å². The molecule has 0 radical (unpaired) electrons. The van der Waals surface area contributed by atoms with Gasteiger partial charge in [0.05, 0.1) is 11.1 Å². The third-order valence-electron chi connectivity index (χ3n) is 2.66. The third kappa shape index (κ3) is 4.47. The van der Waals surface area contributed by atoms with E-state index in [-0.39, 0.29) is 6.42 Å². The molecule has 5 heteroatoms. The predicted molar refractivity (Wildman–Crippen MR) is 78.2 cm³/mol. The molecule has 0 aliphatic carbocycles. The van der Waals surface area contributed by atoms with Crippen molar-refractivity contribution < 1.29 is 13.9 Å². The highest BCUT2D eigenvalue weighted by Gasteiger charge is 2.10. The van der Waals surface area contributed by atoms with Crippen LogP contribution in [0.4, 0.5) is 8.78 Å². The number of aliphatic hydroxyl groups is 1. The van der Waals surface area contributed by atoms with Crippen LogP contribution in [-0.4, -0.2) is 17.0 Å². The number of halogens is 3. The molecular weight excluding hydrogens is 302 g/mol. The molecule has 1 unspecified atom stereocenters. The van der Waals surface area contributed by atoms with Gasteiger partial charge in [0.15, 0.2) is 0 Å². The summed E-state index contributed by atoms with van der Waals surface area (Å²) in [5.74, 6) is -0.862. The fourth-order valence-corrected chi connectivity index (χ4v) is 2.98. The van der Waals surface area contributed by atoms with Crippen molar-refractivity contribution in [3.05, 3.63) is 64.7 Å². The Morgan fingerprint density at radius 2 is 1.75 bits per heavy atom. The maximum atomic E-state index is 13.0. The first kappa shape index (κ1) is 15.3. The smallest absolute Gasteiger partial charge is 0.126 e. The first-order valence-corrected chi connectivity index (χ1v) is 7.41. The first-order valence-electron chi connectivity index (χ1n) is 6.05. The minimum atomic E-state index is -0.697. The lowest BCUT2D eigenvalue weighted by Crippen LogP contribution is -2.13. The summed E-state index contributed by atoms with van der Waals surface area (Å²) in [5.41, 5.74) is 0.440. The minimum absolute atomic E-state index is 0.201. The Labute approximate surface area is 125 Å². The van der Waals surface area contributed by atoms with Crippen molar-refractivity contribution in [1.82, 2.24) is 0 Å². The van der Waals surface area contributed by atoms with E-state index in [1.54, 1.807) is 6.07 Å². The molecule has 2 aromatic rings. The lowest BCUT2D eigenvalue weighted by molar-refractivity contribution is 0.200. The molecule has 2 rings (SSSR count). The topological polar surface area (TPSA) is 20.2 Å². The summed E-state index contributed by atoms with van der Waals surface area (Å²) in [6, 6.07) is 10.6. The molecule has 0 saturated heterocycles. The number of aliphatic hydroxyl groups excluding tert-OH is 1. The van der Waals surface area contributed by atoms with E-state index in [1.807, 2.05) is 18.2 Å². The fourth-order valence-electron chi connectivity index (χ4n) is 1.81. The lowest BCUT2D eigenvalue weighted by atomic mass is 10.1. The van der Waals surface area contributed by atoms with Crippen molar-refractivity contribution >= 4 is 23.4 Å². The monoisotopic (exact) mass is 314 g/mol. The standard InChI is InChI=1S/C15H13ClF2OS/c16-14-3-1-2-4-15(14)20-9-13(19)7-10-5-11(17)8-12(18)6-10/h1-6,8,13,19H,7,9H2. The highest BCUT2D eigenvalue weighted by molar-refractivity contribution is 7.99. The van der Waals surface area contributed by atoms with E-state index in [1.165, 1.54) is 23.9 Å². The van der Waals surface area contributed by atoms with Crippen LogP contribution in [0.25, 0.3) is 0 Å². The molecule has 0 fully saturated rings. The molecule has 2 aromatic carbocycles. The SMILES string of the molecule is OC(CSc1ccccc1Cl)Cc1cc(F)cc(F)c1.